The van der Waals surface area contributed by atoms with Gasteiger partial charge in [-0.25, -0.2) is 0 Å². The topological polar surface area (TPSA) is 62.4 Å². The van der Waals surface area contributed by atoms with Crippen molar-refractivity contribution in [2.75, 3.05) is 12.0 Å². The predicted molar refractivity (Wildman–Crippen MR) is 119 cm³/mol. The van der Waals surface area contributed by atoms with Crippen molar-refractivity contribution in [2.24, 2.45) is 0 Å². The highest BCUT2D eigenvalue weighted by atomic mass is 16.5. The van der Waals surface area contributed by atoms with Gasteiger partial charge in [-0.2, -0.15) is 0 Å². The first-order valence-corrected chi connectivity index (χ1v) is 9.69. The largest absolute Gasteiger partial charge is 0.497 e. The second kappa shape index (κ2) is 8.25. The fourth-order valence-corrected chi connectivity index (χ4v) is 3.37. The van der Waals surface area contributed by atoms with Crippen LogP contribution in [0, 0.1) is 6.92 Å². The summed E-state index contributed by atoms with van der Waals surface area (Å²) in [6.45, 7) is 2.15. The highest BCUT2D eigenvalue weighted by molar-refractivity contribution is 6.06. The van der Waals surface area contributed by atoms with Crippen LogP contribution in [0.5, 0.6) is 5.75 Å². The molecule has 0 saturated heterocycles. The number of methoxy groups -OCH3 is 1. The number of rotatable bonds is 5. The van der Waals surface area contributed by atoms with Crippen molar-refractivity contribution in [3.05, 3.63) is 106 Å². The van der Waals surface area contributed by atoms with E-state index in [9.17, 15) is 9.59 Å². The number of carbonyl (C=O) groups excluding carboxylic acids is 1. The highest BCUT2D eigenvalue weighted by Gasteiger charge is 2.20. The molecule has 5 nitrogen and oxygen atoms in total. The number of hydrogen-bond acceptors (Lipinski definition) is 3. The molecule has 1 amide bonds. The van der Waals surface area contributed by atoms with Crippen molar-refractivity contribution in [3.8, 4) is 5.75 Å². The number of pyridine rings is 1. The second-order valence-corrected chi connectivity index (χ2v) is 7.17. The lowest BCUT2D eigenvalue weighted by Crippen LogP contribution is -2.32. The third-order valence-electron chi connectivity index (χ3n) is 5.09. The number of para-hydroxylation sites is 1. The average Bonchev–Trinajstić information content (AvgIpc) is 2.78. The molecule has 0 aliphatic carbocycles. The molecule has 4 aromatic rings. The molecule has 1 heterocycles. The summed E-state index contributed by atoms with van der Waals surface area (Å²) < 4.78 is 5.19. The monoisotopic (exact) mass is 398 g/mol. The molecule has 0 bridgehead atoms. The van der Waals surface area contributed by atoms with Gasteiger partial charge in [0.25, 0.3) is 11.5 Å². The van der Waals surface area contributed by atoms with E-state index in [0.717, 1.165) is 22.2 Å². The van der Waals surface area contributed by atoms with Gasteiger partial charge >= 0.3 is 0 Å². The van der Waals surface area contributed by atoms with Crippen molar-refractivity contribution in [1.82, 2.24) is 4.98 Å². The molecule has 1 aromatic heterocycles. The number of ether oxygens (including phenoxy) is 1. The minimum absolute atomic E-state index is 0.161. The van der Waals surface area contributed by atoms with Crippen molar-refractivity contribution in [3.63, 3.8) is 0 Å². The van der Waals surface area contributed by atoms with Crippen LogP contribution >= 0.6 is 0 Å². The quantitative estimate of drug-likeness (QED) is 0.530. The molecule has 0 fully saturated rings. The lowest BCUT2D eigenvalue weighted by Gasteiger charge is -2.23. The van der Waals surface area contributed by atoms with E-state index in [2.05, 4.69) is 4.98 Å². The molecule has 0 aliphatic heterocycles. The Kier molecular flexibility index (Phi) is 5.35. The van der Waals surface area contributed by atoms with Crippen LogP contribution in [0.1, 0.15) is 21.5 Å². The van der Waals surface area contributed by atoms with Gasteiger partial charge in [-0.15, -0.1) is 0 Å². The summed E-state index contributed by atoms with van der Waals surface area (Å²) in [6, 6.07) is 24.1. The van der Waals surface area contributed by atoms with Gasteiger partial charge in [0.2, 0.25) is 0 Å². The van der Waals surface area contributed by atoms with E-state index < -0.39 is 0 Å². The molecule has 30 heavy (non-hydrogen) atoms. The van der Waals surface area contributed by atoms with Gasteiger partial charge in [0.05, 0.1) is 13.7 Å². The van der Waals surface area contributed by atoms with Gasteiger partial charge in [0.1, 0.15) is 5.75 Å². The molecule has 0 atom stereocenters. The maximum atomic E-state index is 13.4. The summed E-state index contributed by atoms with van der Waals surface area (Å²) in [6.07, 6.45) is 0. The van der Waals surface area contributed by atoms with Crippen LogP contribution in [-0.2, 0) is 6.54 Å². The van der Waals surface area contributed by atoms with E-state index >= 15 is 0 Å². The van der Waals surface area contributed by atoms with Crippen LogP contribution in [0.4, 0.5) is 5.69 Å². The number of nitrogens with zero attached hydrogens (tertiary/aromatic N) is 1. The van der Waals surface area contributed by atoms with Crippen molar-refractivity contribution in [2.45, 2.75) is 13.5 Å². The summed E-state index contributed by atoms with van der Waals surface area (Å²) in [4.78, 5) is 30.6. The molecular weight excluding hydrogens is 376 g/mol. The van der Waals surface area contributed by atoms with E-state index in [1.807, 2.05) is 61.5 Å². The lowest BCUT2D eigenvalue weighted by molar-refractivity contribution is 0.0985. The summed E-state index contributed by atoms with van der Waals surface area (Å²) in [5.41, 5.74) is 3.45. The first-order valence-electron chi connectivity index (χ1n) is 9.69. The molecule has 0 spiro atoms. The molecule has 0 aliphatic rings. The van der Waals surface area contributed by atoms with Gasteiger partial charge in [0.15, 0.2) is 0 Å². The Morgan fingerprint density at radius 3 is 2.37 bits per heavy atom. The number of aromatic nitrogens is 1. The number of aromatic amines is 1. The molecule has 150 valence electrons. The summed E-state index contributed by atoms with van der Waals surface area (Å²) in [7, 11) is 1.58. The Hall–Kier alpha value is -3.86. The normalized spacial score (nSPS) is 10.7. The fourth-order valence-electron chi connectivity index (χ4n) is 3.37. The number of nitrogens with one attached hydrogen (secondary N) is 1. The number of anilines is 1. The van der Waals surface area contributed by atoms with Gasteiger partial charge in [-0.05, 0) is 60.8 Å². The Bertz CT molecular complexity index is 1240. The molecule has 0 unspecified atom stereocenters. The Balaban J connectivity index is 1.75. The van der Waals surface area contributed by atoms with E-state index in [4.69, 9.17) is 4.74 Å². The lowest BCUT2D eigenvalue weighted by atomic mass is 10.1. The summed E-state index contributed by atoms with van der Waals surface area (Å²) >= 11 is 0. The van der Waals surface area contributed by atoms with Crippen molar-refractivity contribution < 1.29 is 9.53 Å². The third-order valence-corrected chi connectivity index (χ3v) is 5.09. The standard InChI is InChI=1S/C25H22N2O3/c1-17-7-11-21(12-8-17)27(25(29)18-9-13-22(30-2)14-10-18)16-20-15-19-5-3-4-6-23(19)26-24(20)28/h3-15H,16H2,1-2H3,(H,26,28). The summed E-state index contributed by atoms with van der Waals surface area (Å²) in [5, 5.41) is 0.924. The zero-order valence-electron chi connectivity index (χ0n) is 16.9. The second-order valence-electron chi connectivity index (χ2n) is 7.17. The first-order chi connectivity index (χ1) is 14.5. The molecule has 5 heteroatoms. The van der Waals surface area contributed by atoms with Crippen LogP contribution in [0.2, 0.25) is 0 Å². The van der Waals surface area contributed by atoms with Crippen LogP contribution < -0.4 is 15.2 Å². The van der Waals surface area contributed by atoms with Crippen LogP contribution in [-0.4, -0.2) is 18.0 Å². The molecule has 0 radical (unpaired) electrons. The average molecular weight is 398 g/mol. The predicted octanol–water partition coefficient (Wildman–Crippen LogP) is 4.69. The third kappa shape index (κ3) is 3.96. The number of H-pyrrole nitrogens is 1. The zero-order valence-corrected chi connectivity index (χ0v) is 16.9. The maximum absolute atomic E-state index is 13.4. The zero-order chi connectivity index (χ0) is 21.1. The summed E-state index contributed by atoms with van der Waals surface area (Å²) in [5.74, 6) is 0.494. The van der Waals surface area contributed by atoms with Crippen molar-refractivity contribution >= 4 is 22.5 Å². The highest BCUT2D eigenvalue weighted by Crippen LogP contribution is 2.22. The van der Waals surface area contributed by atoms with Crippen LogP contribution in [0.15, 0.2) is 83.7 Å². The van der Waals surface area contributed by atoms with Gasteiger partial charge in [0, 0.05) is 22.3 Å². The Labute approximate surface area is 174 Å². The van der Waals surface area contributed by atoms with Gasteiger partial charge in [-0.1, -0.05) is 35.9 Å². The number of aryl methyl sites for hydroxylation is 1. The molecule has 1 N–H and O–H groups in total. The molecule has 3 aromatic carbocycles. The number of amides is 1. The van der Waals surface area contributed by atoms with E-state index in [1.165, 1.54) is 0 Å². The van der Waals surface area contributed by atoms with Gasteiger partial charge in [-0.3, -0.25) is 9.59 Å². The SMILES string of the molecule is COc1ccc(C(=O)N(Cc2cc3ccccc3[nH]c2=O)c2ccc(C)cc2)cc1. The Morgan fingerprint density at radius 1 is 0.967 bits per heavy atom. The minimum atomic E-state index is -0.201. The van der Waals surface area contributed by atoms with Gasteiger partial charge < -0.3 is 14.6 Å². The molecular formula is C25H22N2O3. The van der Waals surface area contributed by atoms with Crippen LogP contribution in [0.25, 0.3) is 10.9 Å². The maximum Gasteiger partial charge on any atom is 0.258 e. The number of hydrogen-bond donors (Lipinski definition) is 1. The fraction of sp³-hybridized carbons (Fsp3) is 0.120. The number of benzene rings is 3. The van der Waals surface area contributed by atoms with Crippen LogP contribution in [0.3, 0.4) is 0 Å². The molecule has 4 rings (SSSR count). The van der Waals surface area contributed by atoms with E-state index in [0.29, 0.717) is 16.9 Å². The van der Waals surface area contributed by atoms with Crippen molar-refractivity contribution in [1.29, 1.82) is 0 Å². The minimum Gasteiger partial charge on any atom is -0.497 e. The Morgan fingerprint density at radius 2 is 1.67 bits per heavy atom. The number of fused-ring (bicyclic) bond motifs is 1. The number of carbonyl (C=O) groups is 1. The molecule has 0 saturated carbocycles. The van der Waals surface area contributed by atoms with E-state index in [1.54, 1.807) is 36.3 Å². The first kappa shape index (κ1) is 19.5. The smallest absolute Gasteiger partial charge is 0.258 e. The van der Waals surface area contributed by atoms with E-state index in [-0.39, 0.29) is 18.0 Å².